The smallest absolute Gasteiger partial charge is 0.0190 e. The van der Waals surface area contributed by atoms with E-state index in [0.29, 0.717) is 11.3 Å². The zero-order valence-electron chi connectivity index (χ0n) is 11.5. The van der Waals surface area contributed by atoms with Gasteiger partial charge in [0.1, 0.15) is 0 Å². The Kier molecular flexibility index (Phi) is 4.58. The first-order valence-electron chi connectivity index (χ1n) is 6.51. The normalized spacial score (nSPS) is 13.8. The van der Waals surface area contributed by atoms with Crippen molar-refractivity contribution in [2.45, 2.75) is 59.8 Å². The van der Waals surface area contributed by atoms with E-state index in [4.69, 9.17) is 0 Å². The molecule has 1 aromatic rings. The first-order chi connectivity index (χ1) is 7.44. The van der Waals surface area contributed by atoms with Crippen molar-refractivity contribution in [2.75, 3.05) is 0 Å². The standard InChI is InChI=1S/C16H26/c1-6-16(4,5)12-11-14(3)15-9-7-13(2)8-10-15/h7-10,14H,6,11-12H2,1-5H3. The molecule has 0 N–H and O–H groups in total. The van der Waals surface area contributed by atoms with E-state index in [1.54, 1.807) is 0 Å². The van der Waals surface area contributed by atoms with Crippen molar-refractivity contribution in [2.24, 2.45) is 5.41 Å². The van der Waals surface area contributed by atoms with E-state index in [1.807, 2.05) is 0 Å². The minimum atomic E-state index is 0.499. The number of aryl methyl sites for hydroxylation is 1. The molecule has 0 bridgehead atoms. The molecule has 0 amide bonds. The van der Waals surface area contributed by atoms with Crippen molar-refractivity contribution < 1.29 is 0 Å². The quantitative estimate of drug-likeness (QED) is 0.628. The van der Waals surface area contributed by atoms with Crippen LogP contribution in [0.1, 0.15) is 64.0 Å². The Morgan fingerprint density at radius 2 is 1.69 bits per heavy atom. The third-order valence-electron chi connectivity index (χ3n) is 3.86. The summed E-state index contributed by atoms with van der Waals surface area (Å²) >= 11 is 0. The van der Waals surface area contributed by atoms with Crippen molar-refractivity contribution >= 4 is 0 Å². The summed E-state index contributed by atoms with van der Waals surface area (Å²) in [7, 11) is 0. The van der Waals surface area contributed by atoms with Gasteiger partial charge in [-0.15, -0.1) is 0 Å². The van der Waals surface area contributed by atoms with Crippen LogP contribution < -0.4 is 0 Å². The summed E-state index contributed by atoms with van der Waals surface area (Å²) in [6.07, 6.45) is 3.88. The van der Waals surface area contributed by atoms with Gasteiger partial charge >= 0.3 is 0 Å². The molecule has 0 nitrogen and oxygen atoms in total. The monoisotopic (exact) mass is 218 g/mol. The lowest BCUT2D eigenvalue weighted by atomic mass is 9.81. The van der Waals surface area contributed by atoms with Crippen LogP contribution in [0.25, 0.3) is 0 Å². The van der Waals surface area contributed by atoms with Crippen LogP contribution in [0.5, 0.6) is 0 Å². The highest BCUT2D eigenvalue weighted by Crippen LogP contribution is 2.31. The van der Waals surface area contributed by atoms with Gasteiger partial charge in [0.15, 0.2) is 0 Å². The predicted molar refractivity (Wildman–Crippen MR) is 72.9 cm³/mol. The summed E-state index contributed by atoms with van der Waals surface area (Å²) in [5.41, 5.74) is 3.33. The first-order valence-corrected chi connectivity index (χ1v) is 6.51. The molecule has 1 unspecified atom stereocenters. The second-order valence-corrected chi connectivity index (χ2v) is 5.87. The Morgan fingerprint density at radius 1 is 1.12 bits per heavy atom. The third kappa shape index (κ3) is 4.00. The van der Waals surface area contributed by atoms with Gasteiger partial charge in [-0.3, -0.25) is 0 Å². The maximum Gasteiger partial charge on any atom is -0.0190 e. The molecule has 1 aromatic carbocycles. The van der Waals surface area contributed by atoms with Gasteiger partial charge < -0.3 is 0 Å². The molecule has 0 aliphatic carbocycles. The molecule has 90 valence electrons. The molecule has 1 atom stereocenters. The molecule has 0 saturated heterocycles. The van der Waals surface area contributed by atoms with Gasteiger partial charge in [-0.1, -0.05) is 63.9 Å². The molecule has 0 heteroatoms. The first kappa shape index (κ1) is 13.3. The Morgan fingerprint density at radius 3 is 2.19 bits per heavy atom. The van der Waals surface area contributed by atoms with Gasteiger partial charge in [0, 0.05) is 0 Å². The molecule has 0 heterocycles. The number of hydrogen-bond acceptors (Lipinski definition) is 0. The van der Waals surface area contributed by atoms with E-state index in [2.05, 4.69) is 58.9 Å². The molecule has 0 saturated carbocycles. The van der Waals surface area contributed by atoms with Crippen LogP contribution in [0.15, 0.2) is 24.3 Å². The van der Waals surface area contributed by atoms with Gasteiger partial charge in [0.2, 0.25) is 0 Å². The van der Waals surface area contributed by atoms with Gasteiger partial charge in [-0.2, -0.15) is 0 Å². The second kappa shape index (κ2) is 5.52. The highest BCUT2D eigenvalue weighted by atomic mass is 14.2. The Bertz CT molecular complexity index is 305. The molecule has 0 aliphatic rings. The van der Waals surface area contributed by atoms with Crippen LogP contribution in [0.2, 0.25) is 0 Å². The highest BCUT2D eigenvalue weighted by molar-refractivity contribution is 5.23. The molecular weight excluding hydrogens is 192 g/mol. The molecule has 0 spiro atoms. The fraction of sp³-hybridized carbons (Fsp3) is 0.625. The molecule has 16 heavy (non-hydrogen) atoms. The van der Waals surface area contributed by atoms with Crippen LogP contribution in [0.3, 0.4) is 0 Å². The average Bonchev–Trinajstić information content (AvgIpc) is 2.27. The predicted octanol–water partition coefficient (Wildman–Crippen LogP) is 5.31. The van der Waals surface area contributed by atoms with Crippen LogP contribution in [-0.2, 0) is 0 Å². The van der Waals surface area contributed by atoms with Crippen molar-refractivity contribution in [1.29, 1.82) is 0 Å². The van der Waals surface area contributed by atoms with Gasteiger partial charge in [0.25, 0.3) is 0 Å². The molecule has 0 aliphatic heterocycles. The van der Waals surface area contributed by atoms with E-state index in [-0.39, 0.29) is 0 Å². The molecule has 0 radical (unpaired) electrons. The number of benzene rings is 1. The molecule has 1 rings (SSSR count). The lowest BCUT2D eigenvalue weighted by Crippen LogP contribution is -2.10. The van der Waals surface area contributed by atoms with Crippen molar-refractivity contribution in [3.63, 3.8) is 0 Å². The summed E-state index contributed by atoms with van der Waals surface area (Å²) in [4.78, 5) is 0. The highest BCUT2D eigenvalue weighted by Gasteiger charge is 2.16. The SMILES string of the molecule is CCC(C)(C)CCC(C)c1ccc(C)cc1. The zero-order valence-corrected chi connectivity index (χ0v) is 11.5. The van der Waals surface area contributed by atoms with E-state index >= 15 is 0 Å². The van der Waals surface area contributed by atoms with Gasteiger partial charge in [-0.05, 0) is 36.7 Å². The Balaban J connectivity index is 2.53. The maximum atomic E-state index is 2.37. The van der Waals surface area contributed by atoms with Crippen LogP contribution in [0, 0.1) is 12.3 Å². The van der Waals surface area contributed by atoms with Crippen molar-refractivity contribution in [3.8, 4) is 0 Å². The summed E-state index contributed by atoms with van der Waals surface area (Å²) in [6.45, 7) is 11.5. The minimum absolute atomic E-state index is 0.499. The largest absolute Gasteiger partial charge is 0.0649 e. The van der Waals surface area contributed by atoms with E-state index in [1.165, 1.54) is 30.4 Å². The van der Waals surface area contributed by atoms with E-state index < -0.39 is 0 Å². The summed E-state index contributed by atoms with van der Waals surface area (Å²) in [5, 5.41) is 0. The topological polar surface area (TPSA) is 0 Å². The van der Waals surface area contributed by atoms with Gasteiger partial charge in [0.05, 0.1) is 0 Å². The van der Waals surface area contributed by atoms with E-state index in [9.17, 15) is 0 Å². The summed E-state index contributed by atoms with van der Waals surface area (Å²) < 4.78 is 0. The Hall–Kier alpha value is -0.780. The lowest BCUT2D eigenvalue weighted by molar-refractivity contribution is 0.304. The average molecular weight is 218 g/mol. The van der Waals surface area contributed by atoms with Crippen LogP contribution in [0.4, 0.5) is 0 Å². The molecular formula is C16H26. The zero-order chi connectivity index (χ0) is 12.2. The molecule has 0 aromatic heterocycles. The lowest BCUT2D eigenvalue weighted by Gasteiger charge is -2.24. The third-order valence-corrected chi connectivity index (χ3v) is 3.86. The second-order valence-electron chi connectivity index (χ2n) is 5.87. The van der Waals surface area contributed by atoms with Gasteiger partial charge in [-0.25, -0.2) is 0 Å². The summed E-state index contributed by atoms with van der Waals surface area (Å²) in [5.74, 6) is 0.687. The van der Waals surface area contributed by atoms with Crippen LogP contribution in [-0.4, -0.2) is 0 Å². The molecule has 0 fully saturated rings. The number of rotatable bonds is 5. The minimum Gasteiger partial charge on any atom is -0.0649 e. The maximum absolute atomic E-state index is 2.37. The summed E-state index contributed by atoms with van der Waals surface area (Å²) in [6, 6.07) is 8.99. The fourth-order valence-electron chi connectivity index (χ4n) is 1.85. The van der Waals surface area contributed by atoms with Crippen LogP contribution >= 0.6 is 0 Å². The number of hydrogen-bond donors (Lipinski definition) is 0. The van der Waals surface area contributed by atoms with Crippen molar-refractivity contribution in [1.82, 2.24) is 0 Å². The van der Waals surface area contributed by atoms with Crippen molar-refractivity contribution in [3.05, 3.63) is 35.4 Å². The fourth-order valence-corrected chi connectivity index (χ4v) is 1.85. The van der Waals surface area contributed by atoms with E-state index in [0.717, 1.165) is 0 Å². The Labute approximate surface area is 101 Å².